The zero-order valence-electron chi connectivity index (χ0n) is 11.0. The normalized spacial score (nSPS) is 11.3. The number of nitrogens with zero attached hydrogens (tertiary/aromatic N) is 1. The van der Waals surface area contributed by atoms with Crippen LogP contribution in [-0.4, -0.2) is 38.7 Å². The molecule has 0 aromatic heterocycles. The van der Waals surface area contributed by atoms with E-state index < -0.39 is 5.97 Å². The fourth-order valence-electron chi connectivity index (χ4n) is 1.33. The summed E-state index contributed by atoms with van der Waals surface area (Å²) in [5.74, 6) is -0.626. The molecule has 19 heavy (non-hydrogen) atoms. The van der Waals surface area contributed by atoms with Gasteiger partial charge in [0.1, 0.15) is 0 Å². The van der Waals surface area contributed by atoms with Crippen LogP contribution in [0.5, 0.6) is 5.75 Å². The van der Waals surface area contributed by atoms with E-state index in [0.717, 1.165) is 0 Å². The van der Waals surface area contributed by atoms with Crippen LogP contribution < -0.4 is 10.1 Å². The van der Waals surface area contributed by atoms with Gasteiger partial charge in [-0.15, -0.1) is 0 Å². The fraction of sp³-hybridized carbons (Fsp3) is 0.308. The van der Waals surface area contributed by atoms with Gasteiger partial charge in [0.25, 0.3) is 0 Å². The molecule has 101 valence electrons. The van der Waals surface area contributed by atoms with Gasteiger partial charge in [-0.1, -0.05) is 0 Å². The first-order chi connectivity index (χ1) is 8.90. The van der Waals surface area contributed by atoms with Gasteiger partial charge >= 0.3 is 120 Å². The molecule has 0 aliphatic carbocycles. The van der Waals surface area contributed by atoms with Crippen LogP contribution in [0.4, 0.5) is 0 Å². The third kappa shape index (κ3) is 5.24. The number of esters is 1. The molecule has 0 spiro atoms. The number of carbonyl (C=O) groups excluding carboxylic acids is 2. The van der Waals surface area contributed by atoms with Gasteiger partial charge < -0.3 is 0 Å². The number of rotatable bonds is 3. The zero-order chi connectivity index (χ0) is 14.4. The summed E-state index contributed by atoms with van der Waals surface area (Å²) in [5, 5.41) is 2.61. The SMILES string of the molecule is CC(=O)Oc1ccccc1C(=O)NC([Se])=NC(C)C. The van der Waals surface area contributed by atoms with Crippen LogP contribution in [0.25, 0.3) is 0 Å². The first-order valence-electron chi connectivity index (χ1n) is 5.73. The molecule has 5 nitrogen and oxygen atoms in total. The molecule has 0 aliphatic heterocycles. The van der Waals surface area contributed by atoms with Crippen molar-refractivity contribution in [2.24, 2.45) is 4.99 Å². The van der Waals surface area contributed by atoms with Gasteiger partial charge in [-0.05, 0) is 0 Å². The van der Waals surface area contributed by atoms with E-state index in [-0.39, 0.29) is 23.3 Å². The van der Waals surface area contributed by atoms with Crippen LogP contribution in [0.2, 0.25) is 0 Å². The maximum atomic E-state index is 12.0. The summed E-state index contributed by atoms with van der Waals surface area (Å²) in [5.41, 5.74) is 0.282. The van der Waals surface area contributed by atoms with Crippen molar-refractivity contribution in [3.05, 3.63) is 29.8 Å². The molecule has 1 aromatic rings. The van der Waals surface area contributed by atoms with Crippen molar-refractivity contribution in [2.75, 3.05) is 0 Å². The molecule has 0 atom stereocenters. The first kappa shape index (κ1) is 15.4. The molecule has 1 amide bonds. The number of para-hydroxylation sites is 1. The maximum absolute atomic E-state index is 12.0. The molecule has 0 aliphatic rings. The summed E-state index contributed by atoms with van der Waals surface area (Å²) in [7, 11) is 0. The minimum atomic E-state index is -0.473. The van der Waals surface area contributed by atoms with Crippen LogP contribution in [0.3, 0.4) is 0 Å². The quantitative estimate of drug-likeness (QED) is 0.299. The van der Waals surface area contributed by atoms with Gasteiger partial charge in [0.15, 0.2) is 0 Å². The Balaban J connectivity index is 2.91. The van der Waals surface area contributed by atoms with Crippen molar-refractivity contribution in [1.82, 2.24) is 5.32 Å². The van der Waals surface area contributed by atoms with E-state index in [2.05, 4.69) is 26.3 Å². The Kier molecular flexibility index (Phi) is 5.73. The van der Waals surface area contributed by atoms with Crippen molar-refractivity contribution in [2.45, 2.75) is 26.8 Å². The average Bonchev–Trinajstić information content (AvgIpc) is 2.27. The van der Waals surface area contributed by atoms with Crippen molar-refractivity contribution in [1.29, 1.82) is 0 Å². The summed E-state index contributed by atoms with van der Waals surface area (Å²) in [6.07, 6.45) is 0. The molecule has 0 saturated heterocycles. The molecule has 1 N–H and O–H groups in total. The van der Waals surface area contributed by atoms with Gasteiger partial charge in [-0.3, -0.25) is 0 Å². The van der Waals surface area contributed by atoms with E-state index in [1.807, 2.05) is 13.8 Å². The second-order valence-electron chi connectivity index (χ2n) is 4.07. The molecular weight excluding hydrogens is 311 g/mol. The molecule has 1 radical (unpaired) electrons. The first-order valence-corrected chi connectivity index (χ1v) is 6.59. The van der Waals surface area contributed by atoms with E-state index in [1.54, 1.807) is 24.3 Å². The van der Waals surface area contributed by atoms with Gasteiger partial charge in [0.05, 0.1) is 0 Å². The Morgan fingerprint density at radius 1 is 1.32 bits per heavy atom. The Morgan fingerprint density at radius 3 is 2.53 bits per heavy atom. The minimum absolute atomic E-state index is 0.0697. The van der Waals surface area contributed by atoms with E-state index in [9.17, 15) is 9.59 Å². The van der Waals surface area contributed by atoms with Crippen molar-refractivity contribution >= 4 is 32.6 Å². The molecule has 0 fully saturated rings. The third-order valence-electron chi connectivity index (χ3n) is 1.98. The Hall–Kier alpha value is -1.65. The predicted octanol–water partition coefficient (Wildman–Crippen LogP) is 1.27. The number of nitrogens with one attached hydrogen (secondary N) is 1. The number of hydrogen-bond acceptors (Lipinski definition) is 4. The van der Waals surface area contributed by atoms with E-state index in [0.29, 0.717) is 4.73 Å². The summed E-state index contributed by atoms with van der Waals surface area (Å²) >= 11 is 2.68. The molecule has 0 heterocycles. The molecular formula is C13H15N2O3Se. The number of ether oxygens (including phenoxy) is 1. The van der Waals surface area contributed by atoms with Crippen LogP contribution in [0.1, 0.15) is 31.1 Å². The fourth-order valence-corrected chi connectivity index (χ4v) is 1.97. The Morgan fingerprint density at radius 2 is 1.95 bits per heavy atom. The summed E-state index contributed by atoms with van der Waals surface area (Å²) in [6.45, 7) is 5.08. The molecule has 0 unspecified atom stereocenters. The molecule has 0 saturated carbocycles. The predicted molar refractivity (Wildman–Crippen MR) is 73.5 cm³/mol. The van der Waals surface area contributed by atoms with Crippen LogP contribution in [0, 0.1) is 0 Å². The van der Waals surface area contributed by atoms with E-state index in [1.165, 1.54) is 6.92 Å². The second-order valence-corrected chi connectivity index (χ2v) is 4.88. The van der Waals surface area contributed by atoms with Gasteiger partial charge in [0.2, 0.25) is 0 Å². The topological polar surface area (TPSA) is 67.8 Å². The Bertz CT molecular complexity index is 512. The van der Waals surface area contributed by atoms with Crippen molar-refractivity contribution in [3.8, 4) is 5.75 Å². The zero-order valence-corrected chi connectivity index (χ0v) is 12.7. The number of hydrogen-bond donors (Lipinski definition) is 1. The van der Waals surface area contributed by atoms with Crippen LogP contribution >= 0.6 is 0 Å². The van der Waals surface area contributed by atoms with Gasteiger partial charge in [0, 0.05) is 0 Å². The summed E-state index contributed by atoms with van der Waals surface area (Å²) in [6, 6.07) is 6.60. The summed E-state index contributed by atoms with van der Waals surface area (Å²) in [4.78, 5) is 27.2. The number of aliphatic imine (C=N–C) groups is 1. The molecule has 1 rings (SSSR count). The monoisotopic (exact) mass is 327 g/mol. The summed E-state index contributed by atoms with van der Waals surface area (Å²) < 4.78 is 5.38. The van der Waals surface area contributed by atoms with Gasteiger partial charge in [-0.25, -0.2) is 0 Å². The Labute approximate surface area is 120 Å². The van der Waals surface area contributed by atoms with Crippen molar-refractivity contribution < 1.29 is 14.3 Å². The number of benzene rings is 1. The number of carbonyl (C=O) groups is 2. The molecule has 1 aromatic carbocycles. The second kappa shape index (κ2) is 7.07. The standard InChI is InChI=1S/C13H15N2O3Se/c1-8(2)14-13(19)15-12(17)10-6-4-5-7-11(10)18-9(3)16/h4-8H,1-3H3,(H,14,15,17). The number of amidine groups is 1. The molecule has 6 heteroatoms. The van der Waals surface area contributed by atoms with Crippen LogP contribution in [0.15, 0.2) is 29.3 Å². The third-order valence-corrected chi connectivity index (χ3v) is 2.42. The van der Waals surface area contributed by atoms with Crippen molar-refractivity contribution in [3.63, 3.8) is 0 Å². The average molecular weight is 326 g/mol. The van der Waals surface area contributed by atoms with E-state index >= 15 is 0 Å². The van der Waals surface area contributed by atoms with Crippen LogP contribution in [-0.2, 0) is 4.79 Å². The van der Waals surface area contributed by atoms with Gasteiger partial charge in [-0.2, -0.15) is 0 Å². The van der Waals surface area contributed by atoms with E-state index in [4.69, 9.17) is 4.74 Å². The number of amides is 1. The molecule has 0 bridgehead atoms.